The lowest BCUT2D eigenvalue weighted by Gasteiger charge is -2.10. The number of amides is 1. The van der Waals surface area contributed by atoms with Crippen molar-refractivity contribution < 1.29 is 4.79 Å². The summed E-state index contributed by atoms with van der Waals surface area (Å²) in [7, 11) is 3.47. The molecular formula is C9H21IN4O. The molecule has 0 rings (SSSR count). The van der Waals surface area contributed by atoms with Crippen molar-refractivity contribution in [3.05, 3.63) is 0 Å². The van der Waals surface area contributed by atoms with Gasteiger partial charge >= 0.3 is 0 Å². The van der Waals surface area contributed by atoms with Crippen LogP contribution in [0.5, 0.6) is 0 Å². The average molecular weight is 328 g/mol. The minimum absolute atomic E-state index is 0. The molecule has 0 aromatic rings. The van der Waals surface area contributed by atoms with Crippen molar-refractivity contribution in [1.29, 1.82) is 0 Å². The number of hydrogen-bond donors (Lipinski definition) is 2. The number of carbonyl (C=O) groups excluding carboxylic acids is 1. The van der Waals surface area contributed by atoms with E-state index in [0.717, 1.165) is 13.0 Å². The Morgan fingerprint density at radius 2 is 2.07 bits per heavy atom. The summed E-state index contributed by atoms with van der Waals surface area (Å²) in [4.78, 5) is 16.7. The third-order valence-corrected chi connectivity index (χ3v) is 1.65. The Morgan fingerprint density at radius 3 is 2.53 bits per heavy atom. The number of carbonyl (C=O) groups is 1. The zero-order valence-electron chi connectivity index (χ0n) is 9.62. The fourth-order valence-electron chi connectivity index (χ4n) is 0.809. The molecule has 1 amide bonds. The van der Waals surface area contributed by atoms with Gasteiger partial charge in [0.05, 0.1) is 0 Å². The van der Waals surface area contributed by atoms with Crippen molar-refractivity contribution in [1.82, 2.24) is 10.2 Å². The number of rotatable bonds is 5. The molecule has 0 aliphatic carbocycles. The van der Waals surface area contributed by atoms with Gasteiger partial charge in [0.2, 0.25) is 5.91 Å². The molecule has 3 N–H and O–H groups in total. The monoisotopic (exact) mass is 328 g/mol. The molecule has 0 radical (unpaired) electrons. The molecule has 0 heterocycles. The maximum atomic E-state index is 11.1. The predicted molar refractivity (Wildman–Crippen MR) is 73.5 cm³/mol. The zero-order valence-corrected chi connectivity index (χ0v) is 11.9. The first kappa shape index (κ1) is 16.9. The molecule has 0 saturated heterocycles. The number of hydrogen-bond acceptors (Lipinski definition) is 2. The number of nitrogens with zero attached hydrogens (tertiary/aromatic N) is 2. The van der Waals surface area contributed by atoms with Gasteiger partial charge in [-0.1, -0.05) is 6.92 Å². The lowest BCUT2D eigenvalue weighted by atomic mass is 10.4. The van der Waals surface area contributed by atoms with Crippen molar-refractivity contribution in [2.45, 2.75) is 19.8 Å². The van der Waals surface area contributed by atoms with Crippen LogP contribution in [0.15, 0.2) is 4.99 Å². The van der Waals surface area contributed by atoms with Crippen LogP contribution in [-0.2, 0) is 4.79 Å². The summed E-state index contributed by atoms with van der Waals surface area (Å²) in [6, 6.07) is 0. The van der Waals surface area contributed by atoms with E-state index in [0.29, 0.717) is 18.9 Å². The van der Waals surface area contributed by atoms with Gasteiger partial charge in [0.25, 0.3) is 0 Å². The fourth-order valence-corrected chi connectivity index (χ4v) is 0.809. The second kappa shape index (κ2) is 10.0. The van der Waals surface area contributed by atoms with Crippen LogP contribution in [0, 0.1) is 0 Å². The van der Waals surface area contributed by atoms with Crippen molar-refractivity contribution in [3.63, 3.8) is 0 Å². The average Bonchev–Trinajstić information content (AvgIpc) is 2.14. The lowest BCUT2D eigenvalue weighted by molar-refractivity contribution is -0.128. The molecular weight excluding hydrogens is 307 g/mol. The highest BCUT2D eigenvalue weighted by atomic mass is 127. The Balaban J connectivity index is 0. The topological polar surface area (TPSA) is 70.7 Å². The smallest absolute Gasteiger partial charge is 0.223 e. The van der Waals surface area contributed by atoms with Crippen LogP contribution in [0.4, 0.5) is 0 Å². The summed E-state index contributed by atoms with van der Waals surface area (Å²) < 4.78 is 0. The van der Waals surface area contributed by atoms with Crippen LogP contribution >= 0.6 is 24.0 Å². The summed E-state index contributed by atoms with van der Waals surface area (Å²) in [5.41, 5.74) is 5.54. The van der Waals surface area contributed by atoms with Crippen LogP contribution in [0.2, 0.25) is 0 Å². The van der Waals surface area contributed by atoms with E-state index in [2.05, 4.69) is 10.3 Å². The first-order valence-corrected chi connectivity index (χ1v) is 4.81. The summed E-state index contributed by atoms with van der Waals surface area (Å²) >= 11 is 0. The van der Waals surface area contributed by atoms with Crippen LogP contribution in [-0.4, -0.2) is 44.0 Å². The van der Waals surface area contributed by atoms with Gasteiger partial charge in [0.15, 0.2) is 5.96 Å². The van der Waals surface area contributed by atoms with Crippen LogP contribution in [0.1, 0.15) is 19.8 Å². The Kier molecular flexibility index (Phi) is 11.3. The first-order chi connectivity index (χ1) is 6.57. The van der Waals surface area contributed by atoms with Gasteiger partial charge in [-0.3, -0.25) is 9.79 Å². The van der Waals surface area contributed by atoms with Gasteiger partial charge in [-0.05, 0) is 6.42 Å². The standard InChI is InChI=1S/C9H20N4O.HI/c1-4-6-11-9(10)12-7-5-8(14)13(2)3;/h4-7H2,1-3H3,(H3,10,11,12);1H. The molecule has 0 aromatic carbocycles. The van der Waals surface area contributed by atoms with Crippen molar-refractivity contribution in [2.75, 3.05) is 27.2 Å². The molecule has 0 spiro atoms. The van der Waals surface area contributed by atoms with Crippen LogP contribution < -0.4 is 11.1 Å². The Bertz CT molecular complexity index is 206. The molecule has 0 unspecified atom stereocenters. The van der Waals surface area contributed by atoms with Gasteiger partial charge in [0.1, 0.15) is 0 Å². The Morgan fingerprint density at radius 1 is 1.47 bits per heavy atom. The maximum absolute atomic E-state index is 11.1. The molecule has 0 saturated carbocycles. The Labute approximate surface area is 109 Å². The molecule has 0 fully saturated rings. The van der Waals surface area contributed by atoms with E-state index in [1.165, 1.54) is 0 Å². The second-order valence-electron chi connectivity index (χ2n) is 3.23. The lowest BCUT2D eigenvalue weighted by Crippen LogP contribution is -2.35. The summed E-state index contributed by atoms with van der Waals surface area (Å²) in [5, 5.41) is 2.88. The minimum Gasteiger partial charge on any atom is -0.370 e. The highest BCUT2D eigenvalue weighted by Gasteiger charge is 2.02. The second-order valence-corrected chi connectivity index (χ2v) is 3.23. The maximum Gasteiger partial charge on any atom is 0.223 e. The molecule has 0 atom stereocenters. The van der Waals surface area contributed by atoms with Gasteiger partial charge in [0, 0.05) is 33.6 Å². The van der Waals surface area contributed by atoms with Gasteiger partial charge in [-0.25, -0.2) is 0 Å². The molecule has 0 aliphatic heterocycles. The largest absolute Gasteiger partial charge is 0.370 e. The predicted octanol–water partition coefficient (Wildman–Crippen LogP) is 0.397. The van der Waals surface area contributed by atoms with Crippen LogP contribution in [0.25, 0.3) is 0 Å². The number of aliphatic imine (C=N–C) groups is 1. The zero-order chi connectivity index (χ0) is 11.0. The summed E-state index contributed by atoms with van der Waals surface area (Å²) in [6.07, 6.45) is 1.41. The number of halogens is 1. The van der Waals surface area contributed by atoms with Crippen molar-refractivity contribution in [3.8, 4) is 0 Å². The van der Waals surface area contributed by atoms with E-state index in [1.54, 1.807) is 19.0 Å². The molecule has 90 valence electrons. The highest BCUT2D eigenvalue weighted by Crippen LogP contribution is 1.84. The van der Waals surface area contributed by atoms with Crippen molar-refractivity contribution >= 4 is 35.8 Å². The van der Waals surface area contributed by atoms with E-state index >= 15 is 0 Å². The minimum atomic E-state index is 0. The fraction of sp³-hybridized carbons (Fsp3) is 0.778. The molecule has 0 aromatic heterocycles. The van der Waals surface area contributed by atoms with E-state index in [-0.39, 0.29) is 29.9 Å². The SMILES string of the molecule is CCCN=C(N)NCCC(=O)N(C)C.I. The summed E-state index contributed by atoms with van der Waals surface area (Å²) in [5.74, 6) is 0.499. The third kappa shape index (κ3) is 9.77. The number of nitrogens with two attached hydrogens (primary N) is 1. The molecule has 0 aliphatic rings. The summed E-state index contributed by atoms with van der Waals surface area (Å²) in [6.45, 7) is 3.29. The third-order valence-electron chi connectivity index (χ3n) is 1.65. The van der Waals surface area contributed by atoms with E-state index < -0.39 is 0 Å². The molecule has 5 nitrogen and oxygen atoms in total. The van der Waals surface area contributed by atoms with Gasteiger partial charge in [-0.2, -0.15) is 0 Å². The van der Waals surface area contributed by atoms with Gasteiger partial charge < -0.3 is 16.0 Å². The normalized spacial score (nSPS) is 10.5. The quantitative estimate of drug-likeness (QED) is 0.436. The number of nitrogens with one attached hydrogen (secondary N) is 1. The van der Waals surface area contributed by atoms with Crippen molar-refractivity contribution in [2.24, 2.45) is 10.7 Å². The molecule has 6 heteroatoms. The van der Waals surface area contributed by atoms with Crippen LogP contribution in [0.3, 0.4) is 0 Å². The number of guanidine groups is 1. The van der Waals surface area contributed by atoms with E-state index in [9.17, 15) is 4.79 Å². The van der Waals surface area contributed by atoms with E-state index in [4.69, 9.17) is 5.73 Å². The van der Waals surface area contributed by atoms with Gasteiger partial charge in [-0.15, -0.1) is 24.0 Å². The highest BCUT2D eigenvalue weighted by molar-refractivity contribution is 14.0. The molecule has 0 bridgehead atoms. The van der Waals surface area contributed by atoms with E-state index in [1.807, 2.05) is 6.92 Å². The Hall–Kier alpha value is -0.530. The first-order valence-electron chi connectivity index (χ1n) is 4.81. The molecule has 15 heavy (non-hydrogen) atoms.